The first-order valence-corrected chi connectivity index (χ1v) is 8.09. The van der Waals surface area contributed by atoms with E-state index in [1.54, 1.807) is 20.8 Å². The zero-order valence-electron chi connectivity index (χ0n) is 14.8. The van der Waals surface area contributed by atoms with Gasteiger partial charge in [0.05, 0.1) is 6.61 Å². The van der Waals surface area contributed by atoms with Crippen molar-refractivity contribution in [1.29, 1.82) is 0 Å². The second-order valence-corrected chi connectivity index (χ2v) is 6.53. The van der Waals surface area contributed by atoms with Crippen LogP contribution in [0.3, 0.4) is 0 Å². The Balaban J connectivity index is 2.34. The molecular weight excluding hydrogens is 326 g/mol. The van der Waals surface area contributed by atoms with Gasteiger partial charge in [0.2, 0.25) is 0 Å². The topological polar surface area (TPSA) is 102 Å². The van der Waals surface area contributed by atoms with E-state index in [-0.39, 0.29) is 19.4 Å². The Hall–Kier alpha value is -2.57. The van der Waals surface area contributed by atoms with Crippen molar-refractivity contribution in [1.82, 2.24) is 5.32 Å². The molecule has 0 aliphatic heterocycles. The Morgan fingerprint density at radius 2 is 1.80 bits per heavy atom. The van der Waals surface area contributed by atoms with E-state index < -0.39 is 29.7 Å². The van der Waals surface area contributed by atoms with Crippen LogP contribution in [0.1, 0.15) is 39.2 Å². The number of amides is 1. The largest absolute Gasteiger partial charge is 0.480 e. The minimum absolute atomic E-state index is 0.0707. The van der Waals surface area contributed by atoms with Crippen LogP contribution < -0.4 is 5.32 Å². The Morgan fingerprint density at radius 3 is 2.36 bits per heavy atom. The van der Waals surface area contributed by atoms with E-state index in [1.807, 2.05) is 30.3 Å². The summed E-state index contributed by atoms with van der Waals surface area (Å²) in [6, 6.07) is 8.35. The van der Waals surface area contributed by atoms with Gasteiger partial charge in [-0.1, -0.05) is 30.3 Å². The number of carboxylic acids is 1. The highest BCUT2D eigenvalue weighted by molar-refractivity contribution is 5.80. The maximum atomic E-state index is 11.7. The Bertz CT molecular complexity index is 579. The fourth-order valence-corrected chi connectivity index (χ4v) is 1.97. The SMILES string of the molecule is CC(C)(C)OC(=O)N[C@H](CCC(=O)OCCc1ccccc1)C(=O)O. The van der Waals surface area contributed by atoms with E-state index in [9.17, 15) is 14.4 Å². The summed E-state index contributed by atoms with van der Waals surface area (Å²) < 4.78 is 10.1. The molecule has 7 heteroatoms. The Kier molecular flexibility index (Phi) is 7.91. The van der Waals surface area contributed by atoms with Gasteiger partial charge in [0.1, 0.15) is 11.6 Å². The maximum absolute atomic E-state index is 11.7. The molecule has 0 spiro atoms. The van der Waals surface area contributed by atoms with Crippen LogP contribution >= 0.6 is 0 Å². The van der Waals surface area contributed by atoms with Gasteiger partial charge in [-0.3, -0.25) is 4.79 Å². The fourth-order valence-electron chi connectivity index (χ4n) is 1.97. The molecule has 138 valence electrons. The van der Waals surface area contributed by atoms with Crippen molar-refractivity contribution in [2.45, 2.75) is 51.7 Å². The molecule has 1 amide bonds. The summed E-state index contributed by atoms with van der Waals surface area (Å²) in [6.45, 7) is 5.24. The Morgan fingerprint density at radius 1 is 1.16 bits per heavy atom. The quantitative estimate of drug-likeness (QED) is 0.698. The molecular formula is C18H25NO6. The van der Waals surface area contributed by atoms with Gasteiger partial charge < -0.3 is 19.9 Å². The van der Waals surface area contributed by atoms with Gasteiger partial charge in [-0.25, -0.2) is 9.59 Å². The third-order valence-corrected chi connectivity index (χ3v) is 3.12. The summed E-state index contributed by atoms with van der Waals surface area (Å²) in [7, 11) is 0. The summed E-state index contributed by atoms with van der Waals surface area (Å²) in [4.78, 5) is 34.5. The van der Waals surface area contributed by atoms with Crippen molar-refractivity contribution < 1.29 is 29.0 Å². The van der Waals surface area contributed by atoms with Gasteiger partial charge in [-0.15, -0.1) is 0 Å². The molecule has 1 atom stereocenters. The highest BCUT2D eigenvalue weighted by Gasteiger charge is 2.24. The number of alkyl carbamates (subject to hydrolysis) is 1. The lowest BCUT2D eigenvalue weighted by Gasteiger charge is -2.21. The molecule has 0 bridgehead atoms. The standard InChI is InChI=1S/C18H25NO6/c1-18(2,3)25-17(23)19-14(16(21)22)9-10-15(20)24-12-11-13-7-5-4-6-8-13/h4-8,14H,9-12H2,1-3H3,(H,19,23)(H,21,22)/t14-/m1/s1. The molecule has 1 rings (SSSR count). The minimum Gasteiger partial charge on any atom is -0.480 e. The molecule has 0 aromatic heterocycles. The van der Waals surface area contributed by atoms with Crippen LogP contribution in [0.25, 0.3) is 0 Å². The molecule has 2 N–H and O–H groups in total. The van der Waals surface area contributed by atoms with E-state index in [0.29, 0.717) is 6.42 Å². The first-order chi connectivity index (χ1) is 11.7. The lowest BCUT2D eigenvalue weighted by Crippen LogP contribution is -2.43. The first kappa shape index (κ1) is 20.5. The number of carboxylic acid groups (broad SMARTS) is 1. The van der Waals surface area contributed by atoms with Crippen LogP contribution in [0.5, 0.6) is 0 Å². The van der Waals surface area contributed by atoms with Gasteiger partial charge >= 0.3 is 18.0 Å². The number of ether oxygens (including phenoxy) is 2. The van der Waals surface area contributed by atoms with Gasteiger partial charge in [0.25, 0.3) is 0 Å². The number of hydrogen-bond donors (Lipinski definition) is 2. The molecule has 0 aliphatic rings. The van der Waals surface area contributed by atoms with E-state index in [1.165, 1.54) is 0 Å². The zero-order valence-corrected chi connectivity index (χ0v) is 14.8. The molecule has 0 saturated heterocycles. The van der Waals surface area contributed by atoms with Crippen molar-refractivity contribution in [2.75, 3.05) is 6.61 Å². The van der Waals surface area contributed by atoms with Crippen LogP contribution in [0.4, 0.5) is 4.79 Å². The van der Waals surface area contributed by atoms with Crippen molar-refractivity contribution >= 4 is 18.0 Å². The normalized spacial score (nSPS) is 12.1. The zero-order chi connectivity index (χ0) is 18.9. The van der Waals surface area contributed by atoms with Gasteiger partial charge in [0.15, 0.2) is 0 Å². The second-order valence-electron chi connectivity index (χ2n) is 6.53. The molecule has 7 nitrogen and oxygen atoms in total. The molecule has 0 radical (unpaired) electrons. The lowest BCUT2D eigenvalue weighted by molar-refractivity contribution is -0.144. The number of nitrogens with one attached hydrogen (secondary N) is 1. The number of aliphatic carboxylic acids is 1. The molecule has 0 unspecified atom stereocenters. The average Bonchev–Trinajstić information content (AvgIpc) is 2.50. The smallest absolute Gasteiger partial charge is 0.408 e. The Labute approximate surface area is 147 Å². The van der Waals surface area contributed by atoms with E-state index in [4.69, 9.17) is 14.6 Å². The maximum Gasteiger partial charge on any atom is 0.408 e. The second kappa shape index (κ2) is 9.66. The molecule has 25 heavy (non-hydrogen) atoms. The van der Waals surface area contributed by atoms with Gasteiger partial charge in [0, 0.05) is 12.8 Å². The van der Waals surface area contributed by atoms with Crippen LogP contribution in [-0.2, 0) is 25.5 Å². The predicted octanol–water partition coefficient (Wildman–Crippen LogP) is 2.53. The molecule has 0 heterocycles. The van der Waals surface area contributed by atoms with E-state index >= 15 is 0 Å². The number of esters is 1. The number of carbonyl (C=O) groups excluding carboxylic acids is 2. The van der Waals surface area contributed by atoms with Crippen molar-refractivity contribution in [3.8, 4) is 0 Å². The molecule has 0 fully saturated rings. The summed E-state index contributed by atoms with van der Waals surface area (Å²) >= 11 is 0. The van der Waals surface area contributed by atoms with E-state index in [2.05, 4.69) is 5.32 Å². The third kappa shape index (κ3) is 9.34. The van der Waals surface area contributed by atoms with Crippen molar-refractivity contribution in [3.05, 3.63) is 35.9 Å². The minimum atomic E-state index is -1.23. The number of carbonyl (C=O) groups is 3. The van der Waals surface area contributed by atoms with Gasteiger partial charge in [-0.2, -0.15) is 0 Å². The van der Waals surface area contributed by atoms with Gasteiger partial charge in [-0.05, 0) is 32.8 Å². The highest BCUT2D eigenvalue weighted by Crippen LogP contribution is 2.08. The third-order valence-electron chi connectivity index (χ3n) is 3.12. The first-order valence-electron chi connectivity index (χ1n) is 8.09. The molecule has 0 saturated carbocycles. The predicted molar refractivity (Wildman–Crippen MR) is 91.1 cm³/mol. The summed E-state index contributed by atoms with van der Waals surface area (Å²) in [5.41, 5.74) is 0.314. The van der Waals surface area contributed by atoms with E-state index in [0.717, 1.165) is 5.56 Å². The summed E-state index contributed by atoms with van der Waals surface area (Å²) in [5, 5.41) is 11.4. The average molecular weight is 351 g/mol. The molecule has 1 aromatic carbocycles. The van der Waals surface area contributed by atoms with Crippen LogP contribution in [0.15, 0.2) is 30.3 Å². The summed E-state index contributed by atoms with van der Waals surface area (Å²) in [6.07, 6.45) is -0.428. The van der Waals surface area contributed by atoms with Crippen LogP contribution in [0.2, 0.25) is 0 Å². The number of rotatable bonds is 8. The highest BCUT2D eigenvalue weighted by atomic mass is 16.6. The van der Waals surface area contributed by atoms with Crippen LogP contribution in [0, 0.1) is 0 Å². The van der Waals surface area contributed by atoms with Crippen molar-refractivity contribution in [2.24, 2.45) is 0 Å². The number of hydrogen-bond acceptors (Lipinski definition) is 5. The number of benzene rings is 1. The molecule has 1 aromatic rings. The molecule has 0 aliphatic carbocycles. The monoisotopic (exact) mass is 351 g/mol. The lowest BCUT2D eigenvalue weighted by atomic mass is 10.1. The summed E-state index contributed by atoms with van der Waals surface area (Å²) in [5.74, 6) is -1.74. The fraction of sp³-hybridized carbons (Fsp3) is 0.500. The van der Waals surface area contributed by atoms with Crippen molar-refractivity contribution in [3.63, 3.8) is 0 Å². The van der Waals surface area contributed by atoms with Crippen LogP contribution in [-0.4, -0.2) is 41.4 Å².